The van der Waals surface area contributed by atoms with Crippen LogP contribution in [0.5, 0.6) is 0 Å². The van der Waals surface area contributed by atoms with Crippen LogP contribution in [-0.4, -0.2) is 0 Å². The van der Waals surface area contributed by atoms with Gasteiger partial charge in [0.05, 0.1) is 0 Å². The smallest absolute Gasteiger partial charge is 0.0269 e. The van der Waals surface area contributed by atoms with E-state index in [2.05, 4.69) is 83.1 Å². The number of hydrogen-bond donors (Lipinski definition) is 0. The molecule has 24 heavy (non-hydrogen) atoms. The average Bonchev–Trinajstić information content (AvgIpc) is 2.34. The Kier molecular flexibility index (Phi) is 6.72. The molecular formula is C24H48. The maximum absolute atomic E-state index is 2.62. The van der Waals surface area contributed by atoms with Crippen LogP contribution in [-0.2, 0) is 0 Å². The van der Waals surface area contributed by atoms with Gasteiger partial charge in [-0.25, -0.2) is 0 Å². The topological polar surface area (TPSA) is 0 Å². The third kappa shape index (κ3) is 4.79. The van der Waals surface area contributed by atoms with E-state index in [1.807, 2.05) is 0 Å². The van der Waals surface area contributed by atoms with Gasteiger partial charge in [0.15, 0.2) is 0 Å². The van der Waals surface area contributed by atoms with Crippen LogP contribution in [0.2, 0.25) is 0 Å². The van der Waals surface area contributed by atoms with E-state index in [1.165, 1.54) is 19.3 Å². The minimum absolute atomic E-state index is 0.404. The summed E-state index contributed by atoms with van der Waals surface area (Å²) < 4.78 is 0. The molecule has 0 N–H and O–H groups in total. The van der Waals surface area contributed by atoms with E-state index in [0.717, 1.165) is 35.5 Å². The fourth-order valence-corrected chi connectivity index (χ4v) is 5.99. The van der Waals surface area contributed by atoms with Crippen LogP contribution in [0, 0.1) is 51.8 Å². The molecule has 0 nitrogen and oxygen atoms in total. The highest BCUT2D eigenvalue weighted by Gasteiger charge is 2.51. The summed E-state index contributed by atoms with van der Waals surface area (Å²) >= 11 is 0. The normalized spacial score (nSPS) is 32.2. The van der Waals surface area contributed by atoms with Gasteiger partial charge in [0.2, 0.25) is 0 Å². The second-order valence-electron chi connectivity index (χ2n) is 12.3. The van der Waals surface area contributed by atoms with Gasteiger partial charge in [0, 0.05) is 0 Å². The molecule has 0 aromatic carbocycles. The molecule has 0 bridgehead atoms. The molecule has 0 amide bonds. The molecule has 144 valence electrons. The fourth-order valence-electron chi connectivity index (χ4n) is 5.99. The van der Waals surface area contributed by atoms with Crippen molar-refractivity contribution >= 4 is 0 Å². The van der Waals surface area contributed by atoms with Crippen molar-refractivity contribution in [3.8, 4) is 0 Å². The number of hydrogen-bond acceptors (Lipinski definition) is 0. The molecule has 1 aliphatic rings. The largest absolute Gasteiger partial charge is 0.0628 e. The Morgan fingerprint density at radius 2 is 1.17 bits per heavy atom. The Morgan fingerprint density at radius 3 is 1.50 bits per heavy atom. The zero-order valence-corrected chi connectivity index (χ0v) is 19.1. The lowest BCUT2D eigenvalue weighted by Crippen LogP contribution is -2.49. The van der Waals surface area contributed by atoms with Crippen LogP contribution in [0.25, 0.3) is 0 Å². The second kappa shape index (κ2) is 7.32. The van der Waals surface area contributed by atoms with E-state index in [9.17, 15) is 0 Å². The maximum Gasteiger partial charge on any atom is -0.0269 e. The molecule has 5 unspecified atom stereocenters. The standard InChI is InChI=1S/C24H48/c1-16(2)15-24(12,17(3)4)21-13-18(5)19(22(6,7)8)14-20(21)23(9,10)11/h16-21H,13-15H2,1-12H3. The molecule has 0 saturated heterocycles. The van der Waals surface area contributed by atoms with E-state index in [0.29, 0.717) is 16.2 Å². The molecule has 0 aromatic rings. The van der Waals surface area contributed by atoms with Crippen LogP contribution in [0.3, 0.4) is 0 Å². The average molecular weight is 337 g/mol. The van der Waals surface area contributed by atoms with Crippen LogP contribution < -0.4 is 0 Å². The Morgan fingerprint density at radius 1 is 0.708 bits per heavy atom. The first kappa shape index (κ1) is 22.0. The minimum Gasteiger partial charge on any atom is -0.0628 e. The SMILES string of the molecule is CC(C)CC(C)(C(C)C)C1CC(C)C(C(C)(C)C)CC1C(C)(C)C. The van der Waals surface area contributed by atoms with Gasteiger partial charge >= 0.3 is 0 Å². The second-order valence-corrected chi connectivity index (χ2v) is 12.3. The first-order chi connectivity index (χ1) is 10.6. The van der Waals surface area contributed by atoms with E-state index in [-0.39, 0.29) is 0 Å². The van der Waals surface area contributed by atoms with E-state index >= 15 is 0 Å². The van der Waals surface area contributed by atoms with Crippen molar-refractivity contribution in [2.24, 2.45) is 51.8 Å². The van der Waals surface area contributed by atoms with Crippen LogP contribution >= 0.6 is 0 Å². The first-order valence-corrected chi connectivity index (χ1v) is 10.6. The van der Waals surface area contributed by atoms with Crippen molar-refractivity contribution < 1.29 is 0 Å². The van der Waals surface area contributed by atoms with Gasteiger partial charge in [-0.2, -0.15) is 0 Å². The van der Waals surface area contributed by atoms with Crippen LogP contribution in [0.4, 0.5) is 0 Å². The van der Waals surface area contributed by atoms with E-state index in [4.69, 9.17) is 0 Å². The third-order valence-electron chi connectivity index (χ3n) is 7.54. The minimum atomic E-state index is 0.404. The molecule has 0 radical (unpaired) electrons. The lowest BCUT2D eigenvalue weighted by molar-refractivity contribution is -0.0770. The zero-order valence-electron chi connectivity index (χ0n) is 19.1. The van der Waals surface area contributed by atoms with Gasteiger partial charge in [0.1, 0.15) is 0 Å². The van der Waals surface area contributed by atoms with Gasteiger partial charge in [-0.05, 0) is 71.0 Å². The molecular weight excluding hydrogens is 288 g/mol. The van der Waals surface area contributed by atoms with Gasteiger partial charge in [0.25, 0.3) is 0 Å². The highest BCUT2D eigenvalue weighted by atomic mass is 14.6. The van der Waals surface area contributed by atoms with Gasteiger partial charge < -0.3 is 0 Å². The first-order valence-electron chi connectivity index (χ1n) is 10.6. The molecule has 0 aliphatic heterocycles. The van der Waals surface area contributed by atoms with Crippen molar-refractivity contribution in [3.63, 3.8) is 0 Å². The molecule has 0 heterocycles. The summed E-state index contributed by atoms with van der Waals surface area (Å²) in [6.45, 7) is 29.8. The Bertz CT molecular complexity index is 389. The van der Waals surface area contributed by atoms with Crippen molar-refractivity contribution in [2.75, 3.05) is 0 Å². The molecule has 1 rings (SSSR count). The van der Waals surface area contributed by atoms with Crippen molar-refractivity contribution in [2.45, 2.75) is 102 Å². The molecule has 1 saturated carbocycles. The molecule has 0 aromatic heterocycles. The summed E-state index contributed by atoms with van der Waals surface area (Å²) in [4.78, 5) is 0. The summed E-state index contributed by atoms with van der Waals surface area (Å²) in [6, 6.07) is 0. The fraction of sp³-hybridized carbons (Fsp3) is 1.00. The summed E-state index contributed by atoms with van der Waals surface area (Å²) in [7, 11) is 0. The van der Waals surface area contributed by atoms with Crippen molar-refractivity contribution in [3.05, 3.63) is 0 Å². The van der Waals surface area contributed by atoms with Crippen molar-refractivity contribution in [1.29, 1.82) is 0 Å². The molecule has 1 fully saturated rings. The Labute approximate surface area is 154 Å². The van der Waals surface area contributed by atoms with Gasteiger partial charge in [-0.3, -0.25) is 0 Å². The van der Waals surface area contributed by atoms with Crippen LogP contribution in [0.1, 0.15) is 102 Å². The lowest BCUT2D eigenvalue weighted by Gasteiger charge is -2.57. The Hall–Kier alpha value is 0. The predicted octanol–water partition coefficient (Wildman–Crippen LogP) is 8.07. The molecule has 5 atom stereocenters. The molecule has 1 aliphatic carbocycles. The van der Waals surface area contributed by atoms with E-state index < -0.39 is 0 Å². The quantitative estimate of drug-likeness (QED) is 0.487. The third-order valence-corrected chi connectivity index (χ3v) is 7.54. The summed E-state index contributed by atoms with van der Waals surface area (Å²) in [5.74, 6) is 4.94. The lowest BCUT2D eigenvalue weighted by atomic mass is 9.48. The maximum atomic E-state index is 2.62. The summed E-state index contributed by atoms with van der Waals surface area (Å²) in [6.07, 6.45) is 4.21. The molecule has 0 spiro atoms. The van der Waals surface area contributed by atoms with Gasteiger partial charge in [-0.15, -0.1) is 0 Å². The monoisotopic (exact) mass is 336 g/mol. The van der Waals surface area contributed by atoms with E-state index in [1.54, 1.807) is 0 Å². The number of rotatable bonds is 4. The zero-order chi connectivity index (χ0) is 19.1. The van der Waals surface area contributed by atoms with Gasteiger partial charge in [-0.1, -0.05) is 83.1 Å². The molecule has 0 heteroatoms. The highest BCUT2D eigenvalue weighted by Crippen LogP contribution is 2.58. The van der Waals surface area contributed by atoms with Crippen molar-refractivity contribution in [1.82, 2.24) is 0 Å². The summed E-state index contributed by atoms with van der Waals surface area (Å²) in [5.41, 5.74) is 1.30. The Balaban J connectivity index is 3.28. The highest BCUT2D eigenvalue weighted by molar-refractivity contribution is 5.00. The van der Waals surface area contributed by atoms with Crippen LogP contribution in [0.15, 0.2) is 0 Å². The summed E-state index contributed by atoms with van der Waals surface area (Å²) in [5, 5.41) is 0. The predicted molar refractivity (Wildman–Crippen MR) is 110 cm³/mol.